The Hall–Kier alpha value is -2.69. The molecule has 10 nitrogen and oxygen atoms in total. The van der Waals surface area contributed by atoms with E-state index in [2.05, 4.69) is 10.6 Å². The fraction of sp³-hybridized carbons (Fsp3) is 0.727. The topological polar surface area (TPSA) is 131 Å². The molecule has 1 fully saturated rings. The van der Waals surface area contributed by atoms with Crippen LogP contribution in [0.2, 0.25) is 0 Å². The van der Waals surface area contributed by atoms with Crippen molar-refractivity contribution in [2.45, 2.75) is 96.5 Å². The fourth-order valence-corrected chi connectivity index (χ4v) is 5.41. The molecule has 1 aromatic carbocycles. The predicted octanol–water partition coefficient (Wildman–Crippen LogP) is 3.20. The minimum Gasteiger partial charge on any atom is -0.436 e. The van der Waals surface area contributed by atoms with E-state index in [9.17, 15) is 24.6 Å². The standard InChI is InChI=1S/C33H56N4O6/c1-23(2)19-28(38)30(39)27(20-25-13-9-7-10-14-25)35-31(40)24(3)22-34-32(41)29(21-26-15-11-8-12-16-26)43-33(42)37(6)18-17-36(4)5/h8,11-12,15-16,23-25,27-30,38-39H,7,9-10,13-14,17-22H2,1-6H3,(H,34,41)(H,35,40)/t24-,27+,28+,29+,30-/m1/s1. The minimum absolute atomic E-state index is 0.0325. The Kier molecular flexibility index (Phi) is 16.0. The molecule has 43 heavy (non-hydrogen) atoms. The summed E-state index contributed by atoms with van der Waals surface area (Å²) in [6.07, 6.45) is 3.15. The van der Waals surface area contributed by atoms with E-state index < -0.39 is 42.3 Å². The van der Waals surface area contributed by atoms with Crippen LogP contribution in [0.4, 0.5) is 4.79 Å². The Morgan fingerprint density at radius 3 is 2.21 bits per heavy atom. The number of amides is 3. The van der Waals surface area contributed by atoms with E-state index in [4.69, 9.17) is 4.74 Å². The summed E-state index contributed by atoms with van der Waals surface area (Å²) in [6, 6.07) is 8.75. The van der Waals surface area contributed by atoms with Gasteiger partial charge in [0.25, 0.3) is 5.91 Å². The third-order valence-corrected chi connectivity index (χ3v) is 8.18. The molecule has 0 unspecified atom stereocenters. The number of rotatable bonds is 17. The second-order valence-corrected chi connectivity index (χ2v) is 13.0. The Balaban J connectivity index is 2.04. The van der Waals surface area contributed by atoms with Gasteiger partial charge in [0.05, 0.1) is 18.1 Å². The maximum atomic E-state index is 13.3. The van der Waals surface area contributed by atoms with Crippen LogP contribution in [-0.2, 0) is 20.7 Å². The predicted molar refractivity (Wildman–Crippen MR) is 168 cm³/mol. The lowest BCUT2D eigenvalue weighted by Crippen LogP contribution is -2.52. The summed E-state index contributed by atoms with van der Waals surface area (Å²) < 4.78 is 5.64. The van der Waals surface area contributed by atoms with Gasteiger partial charge in [-0.3, -0.25) is 9.59 Å². The third-order valence-electron chi connectivity index (χ3n) is 8.18. The average Bonchev–Trinajstić information content (AvgIpc) is 2.97. The molecule has 2 rings (SSSR count). The molecule has 10 heteroatoms. The lowest BCUT2D eigenvalue weighted by atomic mass is 9.82. The summed E-state index contributed by atoms with van der Waals surface area (Å²) in [6.45, 7) is 6.81. The van der Waals surface area contributed by atoms with Gasteiger partial charge in [0, 0.05) is 33.1 Å². The summed E-state index contributed by atoms with van der Waals surface area (Å²) in [7, 11) is 5.45. The van der Waals surface area contributed by atoms with Gasteiger partial charge < -0.3 is 35.4 Å². The molecule has 3 amide bonds. The first-order valence-corrected chi connectivity index (χ1v) is 15.9. The molecule has 0 saturated heterocycles. The molecular weight excluding hydrogens is 548 g/mol. The molecule has 1 aliphatic carbocycles. The Labute approximate surface area is 258 Å². The third kappa shape index (κ3) is 13.7. The van der Waals surface area contributed by atoms with Gasteiger partial charge in [-0.05, 0) is 44.3 Å². The normalized spacial score (nSPS) is 17.5. The van der Waals surface area contributed by atoms with Gasteiger partial charge >= 0.3 is 6.09 Å². The van der Waals surface area contributed by atoms with Gasteiger partial charge in [0.1, 0.15) is 6.10 Å². The van der Waals surface area contributed by atoms with Crippen LogP contribution in [0, 0.1) is 17.8 Å². The SMILES string of the molecule is CC(C)C[C@H](O)[C@H](O)[C@H](CC1CCCCC1)NC(=O)[C@H](C)CNC(=O)[C@H](Cc1ccccc1)OC(=O)N(C)CCN(C)C. The number of likely N-dealkylation sites (N-methyl/N-ethyl adjacent to an activating group) is 2. The summed E-state index contributed by atoms with van der Waals surface area (Å²) in [5.41, 5.74) is 0.844. The number of hydrogen-bond donors (Lipinski definition) is 4. The number of nitrogens with zero attached hydrogens (tertiary/aromatic N) is 2. The van der Waals surface area contributed by atoms with Crippen LogP contribution in [0.3, 0.4) is 0 Å². The smallest absolute Gasteiger partial charge is 0.410 e. The number of hydrogen-bond acceptors (Lipinski definition) is 7. The van der Waals surface area contributed by atoms with Crippen molar-refractivity contribution in [2.75, 3.05) is 40.8 Å². The quantitative estimate of drug-likeness (QED) is 0.215. The van der Waals surface area contributed by atoms with E-state index in [1.807, 2.05) is 63.2 Å². The molecule has 0 heterocycles. The van der Waals surface area contributed by atoms with Crippen molar-refractivity contribution in [3.8, 4) is 0 Å². The fourth-order valence-electron chi connectivity index (χ4n) is 5.41. The summed E-state index contributed by atoms with van der Waals surface area (Å²) in [4.78, 5) is 42.7. The Morgan fingerprint density at radius 1 is 0.953 bits per heavy atom. The van der Waals surface area contributed by atoms with Crippen LogP contribution >= 0.6 is 0 Å². The lowest BCUT2D eigenvalue weighted by molar-refractivity contribution is -0.131. The van der Waals surface area contributed by atoms with E-state index >= 15 is 0 Å². The molecule has 0 bridgehead atoms. The number of carbonyl (C=O) groups is 3. The molecule has 0 spiro atoms. The molecule has 1 aliphatic rings. The number of aliphatic hydroxyl groups excluding tert-OH is 2. The first kappa shape index (κ1) is 36.5. The van der Waals surface area contributed by atoms with E-state index in [1.54, 1.807) is 14.0 Å². The lowest BCUT2D eigenvalue weighted by Gasteiger charge is -2.33. The van der Waals surface area contributed by atoms with Crippen molar-refractivity contribution in [1.82, 2.24) is 20.4 Å². The summed E-state index contributed by atoms with van der Waals surface area (Å²) >= 11 is 0. The Bertz CT molecular complexity index is 969. The van der Waals surface area contributed by atoms with E-state index in [0.717, 1.165) is 31.2 Å². The first-order chi connectivity index (χ1) is 20.4. The molecule has 0 aliphatic heterocycles. The highest BCUT2D eigenvalue weighted by atomic mass is 16.6. The van der Waals surface area contributed by atoms with Crippen molar-refractivity contribution in [3.05, 3.63) is 35.9 Å². The van der Waals surface area contributed by atoms with Crippen LogP contribution in [-0.4, -0.2) is 103 Å². The molecular formula is C33H56N4O6. The largest absolute Gasteiger partial charge is 0.436 e. The molecule has 1 aromatic rings. The van der Waals surface area contributed by atoms with Gasteiger partial charge in [0.2, 0.25) is 5.91 Å². The molecule has 4 N–H and O–H groups in total. The second-order valence-electron chi connectivity index (χ2n) is 13.0. The van der Waals surface area contributed by atoms with E-state index in [-0.39, 0.29) is 24.8 Å². The van der Waals surface area contributed by atoms with Gasteiger partial charge in [-0.25, -0.2) is 4.79 Å². The monoisotopic (exact) mass is 604 g/mol. The number of carbonyl (C=O) groups excluding carboxylic acids is 3. The number of aliphatic hydroxyl groups is 2. The van der Waals surface area contributed by atoms with Crippen LogP contribution in [0.5, 0.6) is 0 Å². The highest BCUT2D eigenvalue weighted by Gasteiger charge is 2.32. The zero-order valence-electron chi connectivity index (χ0n) is 27.1. The average molecular weight is 605 g/mol. The van der Waals surface area contributed by atoms with Gasteiger partial charge in [-0.1, -0.05) is 83.2 Å². The zero-order valence-corrected chi connectivity index (χ0v) is 27.1. The van der Waals surface area contributed by atoms with Gasteiger partial charge in [-0.15, -0.1) is 0 Å². The number of ether oxygens (including phenoxy) is 1. The maximum Gasteiger partial charge on any atom is 0.410 e. The van der Waals surface area contributed by atoms with Crippen molar-refractivity contribution in [3.63, 3.8) is 0 Å². The summed E-state index contributed by atoms with van der Waals surface area (Å²) in [5.74, 6) is -0.807. The van der Waals surface area contributed by atoms with Crippen LogP contribution in [0.15, 0.2) is 30.3 Å². The molecule has 244 valence electrons. The van der Waals surface area contributed by atoms with E-state index in [1.165, 1.54) is 11.3 Å². The van der Waals surface area contributed by atoms with Crippen molar-refractivity contribution >= 4 is 17.9 Å². The second kappa shape index (κ2) is 18.9. The van der Waals surface area contributed by atoms with Crippen LogP contribution in [0.1, 0.15) is 71.3 Å². The molecule has 1 saturated carbocycles. The van der Waals surface area contributed by atoms with Crippen molar-refractivity contribution in [2.24, 2.45) is 17.8 Å². The van der Waals surface area contributed by atoms with Crippen molar-refractivity contribution < 1.29 is 29.3 Å². The van der Waals surface area contributed by atoms with E-state index in [0.29, 0.717) is 31.8 Å². The van der Waals surface area contributed by atoms with Crippen molar-refractivity contribution in [1.29, 1.82) is 0 Å². The zero-order chi connectivity index (χ0) is 31.9. The van der Waals surface area contributed by atoms with Crippen LogP contribution in [0.25, 0.3) is 0 Å². The minimum atomic E-state index is -1.07. The molecule has 5 atom stereocenters. The highest BCUT2D eigenvalue weighted by Crippen LogP contribution is 2.29. The molecule has 0 aromatic heterocycles. The number of nitrogens with one attached hydrogen (secondary N) is 2. The maximum absolute atomic E-state index is 13.3. The molecule has 0 radical (unpaired) electrons. The van der Waals surface area contributed by atoms with Gasteiger partial charge in [-0.2, -0.15) is 0 Å². The first-order valence-electron chi connectivity index (χ1n) is 15.9. The number of benzene rings is 1. The van der Waals surface area contributed by atoms with Crippen LogP contribution < -0.4 is 10.6 Å². The Morgan fingerprint density at radius 2 is 1.60 bits per heavy atom. The summed E-state index contributed by atoms with van der Waals surface area (Å²) in [5, 5.41) is 27.5. The van der Waals surface area contributed by atoms with Gasteiger partial charge in [0.15, 0.2) is 6.10 Å². The highest BCUT2D eigenvalue weighted by molar-refractivity contribution is 5.85.